The van der Waals surface area contributed by atoms with Crippen LogP contribution in [0.4, 0.5) is 5.69 Å². The van der Waals surface area contributed by atoms with Gasteiger partial charge in [-0.15, -0.1) is 11.3 Å². The highest BCUT2D eigenvalue weighted by molar-refractivity contribution is 8.01. The number of methoxy groups -OCH3 is 1. The Kier molecular flexibility index (Phi) is 6.38. The van der Waals surface area contributed by atoms with Crippen LogP contribution in [0.1, 0.15) is 12.1 Å². The number of benzene rings is 1. The van der Waals surface area contributed by atoms with Crippen molar-refractivity contribution in [2.45, 2.75) is 28.7 Å². The second kappa shape index (κ2) is 8.28. The molecule has 0 spiro atoms. The van der Waals surface area contributed by atoms with E-state index in [0.717, 1.165) is 20.6 Å². The first-order chi connectivity index (χ1) is 10.6. The van der Waals surface area contributed by atoms with Gasteiger partial charge in [-0.1, -0.05) is 11.8 Å². The molecular formula is C15H19N3O2S2. The van der Waals surface area contributed by atoms with E-state index in [0.29, 0.717) is 6.54 Å². The van der Waals surface area contributed by atoms with Crippen LogP contribution in [0.3, 0.4) is 0 Å². The molecule has 5 nitrogen and oxygen atoms in total. The second-order valence-electron chi connectivity index (χ2n) is 4.73. The van der Waals surface area contributed by atoms with E-state index in [2.05, 4.69) is 10.3 Å². The molecule has 1 atom stereocenters. The van der Waals surface area contributed by atoms with Crippen molar-refractivity contribution in [1.82, 2.24) is 4.98 Å². The minimum atomic E-state index is -0.247. The summed E-state index contributed by atoms with van der Waals surface area (Å²) in [7, 11) is 1.55. The third-order valence-electron chi connectivity index (χ3n) is 2.95. The van der Waals surface area contributed by atoms with Gasteiger partial charge in [0.15, 0.2) is 4.34 Å². The molecule has 0 aliphatic carbocycles. The molecule has 7 heteroatoms. The summed E-state index contributed by atoms with van der Waals surface area (Å²) in [5.41, 5.74) is 7.30. The van der Waals surface area contributed by atoms with E-state index in [4.69, 9.17) is 10.5 Å². The van der Waals surface area contributed by atoms with Crippen LogP contribution in [0, 0.1) is 6.92 Å². The third kappa shape index (κ3) is 5.10. The number of anilines is 1. The standard InChI is InChI=1S/C15H19N3O2S2/c1-10-9-21-15(17-10)22-13-5-3-11(4-6-13)18-14(19)7-12(8-16)20-2/h3-6,9,12H,7-8,16H2,1-2H3,(H,18,19). The van der Waals surface area contributed by atoms with Crippen molar-refractivity contribution in [2.75, 3.05) is 19.0 Å². The maximum atomic E-state index is 11.9. The van der Waals surface area contributed by atoms with E-state index >= 15 is 0 Å². The quantitative estimate of drug-likeness (QED) is 0.812. The Balaban J connectivity index is 1.90. The van der Waals surface area contributed by atoms with Gasteiger partial charge in [0.2, 0.25) is 5.91 Å². The van der Waals surface area contributed by atoms with Crippen LogP contribution in [-0.2, 0) is 9.53 Å². The van der Waals surface area contributed by atoms with Gasteiger partial charge in [0.1, 0.15) is 0 Å². The Morgan fingerprint density at radius 1 is 1.45 bits per heavy atom. The SMILES string of the molecule is COC(CN)CC(=O)Nc1ccc(Sc2nc(C)cs2)cc1. The highest BCUT2D eigenvalue weighted by Crippen LogP contribution is 2.30. The molecule has 0 bridgehead atoms. The molecule has 118 valence electrons. The minimum Gasteiger partial charge on any atom is -0.380 e. The molecule has 2 rings (SSSR count). The maximum absolute atomic E-state index is 11.9. The zero-order chi connectivity index (χ0) is 15.9. The number of amides is 1. The molecule has 0 radical (unpaired) electrons. The predicted molar refractivity (Wildman–Crippen MR) is 90.5 cm³/mol. The summed E-state index contributed by atoms with van der Waals surface area (Å²) in [6.45, 7) is 2.31. The van der Waals surface area contributed by atoms with Crippen molar-refractivity contribution in [1.29, 1.82) is 0 Å². The third-order valence-corrected chi connectivity index (χ3v) is 5.01. The van der Waals surface area contributed by atoms with Gasteiger partial charge in [-0.05, 0) is 31.2 Å². The van der Waals surface area contributed by atoms with Crippen molar-refractivity contribution < 1.29 is 9.53 Å². The van der Waals surface area contributed by atoms with Gasteiger partial charge < -0.3 is 15.8 Å². The van der Waals surface area contributed by atoms with Gasteiger partial charge in [-0.25, -0.2) is 4.98 Å². The summed E-state index contributed by atoms with van der Waals surface area (Å²) in [4.78, 5) is 17.4. The van der Waals surface area contributed by atoms with Crippen LogP contribution < -0.4 is 11.1 Å². The molecule has 1 heterocycles. The van der Waals surface area contributed by atoms with E-state index in [1.54, 1.807) is 30.2 Å². The molecule has 0 saturated heterocycles. The van der Waals surface area contributed by atoms with Crippen LogP contribution in [-0.4, -0.2) is 30.6 Å². The van der Waals surface area contributed by atoms with E-state index in [1.807, 2.05) is 36.6 Å². The summed E-state index contributed by atoms with van der Waals surface area (Å²) in [6, 6.07) is 7.69. The minimum absolute atomic E-state index is 0.103. The number of hydrogen-bond donors (Lipinski definition) is 2. The van der Waals surface area contributed by atoms with Crippen molar-refractivity contribution in [3.8, 4) is 0 Å². The Bertz CT molecular complexity index is 610. The van der Waals surface area contributed by atoms with Crippen LogP contribution >= 0.6 is 23.1 Å². The Morgan fingerprint density at radius 3 is 2.73 bits per heavy atom. The highest BCUT2D eigenvalue weighted by atomic mass is 32.2. The Morgan fingerprint density at radius 2 is 2.18 bits per heavy atom. The topological polar surface area (TPSA) is 77.2 Å². The molecule has 0 aliphatic rings. The second-order valence-corrected chi connectivity index (χ2v) is 6.91. The largest absolute Gasteiger partial charge is 0.380 e. The normalized spacial score (nSPS) is 12.1. The number of carbonyl (C=O) groups excluding carboxylic acids is 1. The van der Waals surface area contributed by atoms with Gasteiger partial charge in [0.25, 0.3) is 0 Å². The van der Waals surface area contributed by atoms with Crippen LogP contribution in [0.2, 0.25) is 0 Å². The van der Waals surface area contributed by atoms with E-state index in [-0.39, 0.29) is 18.4 Å². The molecule has 1 aromatic heterocycles. The summed E-state index contributed by atoms with van der Waals surface area (Å²) in [5, 5.41) is 4.87. The fourth-order valence-corrected chi connectivity index (χ4v) is 3.58. The maximum Gasteiger partial charge on any atom is 0.227 e. The Labute approximate surface area is 138 Å². The van der Waals surface area contributed by atoms with E-state index in [9.17, 15) is 4.79 Å². The van der Waals surface area contributed by atoms with Crippen LogP contribution in [0.5, 0.6) is 0 Å². The summed E-state index contributed by atoms with van der Waals surface area (Å²) in [5.74, 6) is -0.103. The molecule has 0 fully saturated rings. The first-order valence-corrected chi connectivity index (χ1v) is 8.53. The number of ether oxygens (including phenoxy) is 1. The first-order valence-electron chi connectivity index (χ1n) is 6.83. The molecule has 22 heavy (non-hydrogen) atoms. The average Bonchev–Trinajstić information content (AvgIpc) is 2.92. The number of aromatic nitrogens is 1. The number of carbonyl (C=O) groups is 1. The molecule has 1 aromatic carbocycles. The Hall–Kier alpha value is -1.41. The molecule has 2 aromatic rings. The molecular weight excluding hydrogens is 318 g/mol. The van der Waals surface area contributed by atoms with Crippen molar-refractivity contribution in [3.05, 3.63) is 35.3 Å². The fraction of sp³-hybridized carbons (Fsp3) is 0.333. The fourth-order valence-electron chi connectivity index (χ4n) is 1.77. The number of rotatable bonds is 7. The molecule has 1 amide bonds. The van der Waals surface area contributed by atoms with Gasteiger partial charge in [0, 0.05) is 35.3 Å². The highest BCUT2D eigenvalue weighted by Gasteiger charge is 2.11. The summed E-state index contributed by atoms with van der Waals surface area (Å²) >= 11 is 3.24. The lowest BCUT2D eigenvalue weighted by atomic mass is 10.2. The predicted octanol–water partition coefficient (Wildman–Crippen LogP) is 2.91. The zero-order valence-electron chi connectivity index (χ0n) is 12.5. The first kappa shape index (κ1) is 17.0. The number of nitrogens with zero attached hydrogens (tertiary/aromatic N) is 1. The molecule has 0 saturated carbocycles. The van der Waals surface area contributed by atoms with Gasteiger partial charge in [-0.3, -0.25) is 4.79 Å². The number of hydrogen-bond acceptors (Lipinski definition) is 6. The van der Waals surface area contributed by atoms with E-state index in [1.165, 1.54) is 0 Å². The summed E-state index contributed by atoms with van der Waals surface area (Å²) in [6.07, 6.45) is 0.00463. The zero-order valence-corrected chi connectivity index (χ0v) is 14.2. The van der Waals surface area contributed by atoms with Gasteiger partial charge in [-0.2, -0.15) is 0 Å². The number of aryl methyl sites for hydroxylation is 1. The van der Waals surface area contributed by atoms with Crippen LogP contribution in [0.25, 0.3) is 0 Å². The van der Waals surface area contributed by atoms with Crippen LogP contribution in [0.15, 0.2) is 38.9 Å². The lowest BCUT2D eigenvalue weighted by Gasteiger charge is -2.12. The lowest BCUT2D eigenvalue weighted by molar-refractivity contribution is -0.118. The molecule has 0 aliphatic heterocycles. The van der Waals surface area contributed by atoms with Gasteiger partial charge >= 0.3 is 0 Å². The number of nitrogens with one attached hydrogen (secondary N) is 1. The van der Waals surface area contributed by atoms with E-state index < -0.39 is 0 Å². The smallest absolute Gasteiger partial charge is 0.227 e. The number of nitrogens with two attached hydrogens (primary N) is 1. The molecule has 3 N–H and O–H groups in total. The monoisotopic (exact) mass is 337 g/mol. The number of thiazole rings is 1. The average molecular weight is 337 g/mol. The van der Waals surface area contributed by atoms with Crippen molar-refractivity contribution in [3.63, 3.8) is 0 Å². The summed E-state index contributed by atoms with van der Waals surface area (Å²) < 4.78 is 6.11. The van der Waals surface area contributed by atoms with Crippen molar-refractivity contribution >= 4 is 34.7 Å². The lowest BCUT2D eigenvalue weighted by Crippen LogP contribution is -2.28. The van der Waals surface area contributed by atoms with Gasteiger partial charge in [0.05, 0.1) is 12.5 Å². The molecule has 1 unspecified atom stereocenters. The van der Waals surface area contributed by atoms with Crippen molar-refractivity contribution in [2.24, 2.45) is 5.73 Å².